The van der Waals surface area contributed by atoms with Crippen LogP contribution in [0, 0.1) is 0 Å². The van der Waals surface area contributed by atoms with E-state index in [9.17, 15) is 4.79 Å². The number of nitrogens with zero attached hydrogens (tertiary/aromatic N) is 2. The van der Waals surface area contributed by atoms with E-state index in [0.29, 0.717) is 23.2 Å². The number of anilines is 2. The number of nitrogens with one attached hydrogen (secondary N) is 2. The lowest BCUT2D eigenvalue weighted by Gasteiger charge is -2.20. The van der Waals surface area contributed by atoms with Crippen molar-refractivity contribution in [3.8, 4) is 5.75 Å². The van der Waals surface area contributed by atoms with Crippen LogP contribution in [0.1, 0.15) is 58.8 Å². The molecule has 0 aliphatic carbocycles. The molecule has 0 saturated carbocycles. The number of benzene rings is 1. The van der Waals surface area contributed by atoms with Crippen LogP contribution in [0.5, 0.6) is 5.75 Å². The van der Waals surface area contributed by atoms with Gasteiger partial charge in [0.2, 0.25) is 5.89 Å². The van der Waals surface area contributed by atoms with Crippen molar-refractivity contribution < 1.29 is 18.8 Å². The quantitative estimate of drug-likeness (QED) is 0.731. The minimum atomic E-state index is -0.574. The minimum absolute atomic E-state index is 0.169. The molecule has 1 atom stereocenters. The van der Waals surface area contributed by atoms with E-state index in [-0.39, 0.29) is 6.04 Å². The molecule has 2 aromatic rings. The predicted octanol–water partition coefficient (Wildman–Crippen LogP) is 4.55. The van der Waals surface area contributed by atoms with E-state index < -0.39 is 11.7 Å². The molecule has 0 unspecified atom stereocenters. The van der Waals surface area contributed by atoms with Crippen LogP contribution >= 0.6 is 0 Å². The van der Waals surface area contributed by atoms with Crippen molar-refractivity contribution in [2.45, 2.75) is 59.1 Å². The molecule has 148 valence electrons. The smallest absolute Gasteiger partial charge is 0.412 e. The second-order valence-electron chi connectivity index (χ2n) is 7.21. The van der Waals surface area contributed by atoms with Gasteiger partial charge in [0.15, 0.2) is 5.82 Å². The van der Waals surface area contributed by atoms with Gasteiger partial charge < -0.3 is 19.3 Å². The standard InChI is InChI=1S/C19H28N4O4/c1-7-8-16-22-17(27-23-16)12(2)20-13-9-10-14(15(11-13)25-6)21-18(24)26-19(3,4)5/h9-12,20H,7-8H2,1-6H3,(H,21,24)/t12-/m0/s1. The number of ether oxygens (including phenoxy) is 2. The van der Waals surface area contributed by atoms with Crippen LogP contribution in [0.15, 0.2) is 22.7 Å². The zero-order valence-electron chi connectivity index (χ0n) is 16.8. The maximum atomic E-state index is 12.0. The summed E-state index contributed by atoms with van der Waals surface area (Å²) in [4.78, 5) is 16.4. The van der Waals surface area contributed by atoms with Crippen LogP contribution in [0.3, 0.4) is 0 Å². The van der Waals surface area contributed by atoms with Crippen molar-refractivity contribution in [2.24, 2.45) is 0 Å². The van der Waals surface area contributed by atoms with Gasteiger partial charge in [-0.3, -0.25) is 5.32 Å². The Bertz CT molecular complexity index is 767. The summed E-state index contributed by atoms with van der Waals surface area (Å²) in [6.07, 6.45) is 1.21. The highest BCUT2D eigenvalue weighted by Crippen LogP contribution is 2.30. The van der Waals surface area contributed by atoms with Crippen molar-refractivity contribution in [2.75, 3.05) is 17.7 Å². The first-order valence-electron chi connectivity index (χ1n) is 8.99. The summed E-state index contributed by atoms with van der Waals surface area (Å²) in [6.45, 7) is 9.42. The SMILES string of the molecule is CCCc1noc([C@H](C)Nc2ccc(NC(=O)OC(C)(C)C)c(OC)c2)n1. The van der Waals surface area contributed by atoms with Crippen molar-refractivity contribution >= 4 is 17.5 Å². The third kappa shape index (κ3) is 6.16. The van der Waals surface area contributed by atoms with Gasteiger partial charge >= 0.3 is 6.09 Å². The Morgan fingerprint density at radius 3 is 2.70 bits per heavy atom. The number of amides is 1. The third-order valence-corrected chi connectivity index (χ3v) is 3.55. The summed E-state index contributed by atoms with van der Waals surface area (Å²) in [6, 6.07) is 5.19. The van der Waals surface area contributed by atoms with Crippen molar-refractivity contribution in [1.82, 2.24) is 10.1 Å². The highest BCUT2D eigenvalue weighted by molar-refractivity contribution is 5.87. The first-order chi connectivity index (χ1) is 12.7. The number of aromatic nitrogens is 2. The van der Waals surface area contributed by atoms with E-state index in [0.717, 1.165) is 18.5 Å². The van der Waals surface area contributed by atoms with Crippen LogP contribution < -0.4 is 15.4 Å². The Morgan fingerprint density at radius 2 is 2.07 bits per heavy atom. The van der Waals surface area contributed by atoms with E-state index in [2.05, 4.69) is 27.7 Å². The molecule has 0 saturated heterocycles. The van der Waals surface area contributed by atoms with Crippen molar-refractivity contribution in [3.63, 3.8) is 0 Å². The highest BCUT2D eigenvalue weighted by atomic mass is 16.6. The Morgan fingerprint density at radius 1 is 1.33 bits per heavy atom. The number of aryl methyl sites for hydroxylation is 1. The first kappa shape index (κ1) is 20.5. The van der Waals surface area contributed by atoms with Crippen molar-refractivity contribution in [1.29, 1.82) is 0 Å². The molecule has 0 spiro atoms. The number of carbonyl (C=O) groups excluding carboxylic acids is 1. The monoisotopic (exact) mass is 376 g/mol. The number of rotatable bonds is 7. The number of methoxy groups -OCH3 is 1. The number of hydrogen-bond acceptors (Lipinski definition) is 7. The summed E-state index contributed by atoms with van der Waals surface area (Å²) < 4.78 is 15.9. The molecular weight excluding hydrogens is 348 g/mol. The largest absolute Gasteiger partial charge is 0.494 e. The molecule has 0 fully saturated rings. The molecular formula is C19H28N4O4. The van der Waals surface area contributed by atoms with Gasteiger partial charge in [0, 0.05) is 18.2 Å². The Labute approximate surface area is 159 Å². The molecule has 2 N–H and O–H groups in total. The van der Waals surface area contributed by atoms with Crippen LogP contribution in [-0.2, 0) is 11.2 Å². The maximum Gasteiger partial charge on any atom is 0.412 e. The molecule has 0 aliphatic heterocycles. The second-order valence-corrected chi connectivity index (χ2v) is 7.21. The fraction of sp³-hybridized carbons (Fsp3) is 0.526. The summed E-state index contributed by atoms with van der Waals surface area (Å²) in [5.74, 6) is 1.74. The fourth-order valence-electron chi connectivity index (χ4n) is 2.38. The van der Waals surface area contributed by atoms with Gasteiger partial charge in [0.25, 0.3) is 0 Å². The van der Waals surface area contributed by atoms with Gasteiger partial charge in [0.05, 0.1) is 12.8 Å². The second kappa shape index (κ2) is 8.75. The van der Waals surface area contributed by atoms with E-state index in [1.54, 1.807) is 12.1 Å². The lowest BCUT2D eigenvalue weighted by Crippen LogP contribution is -2.27. The summed E-state index contributed by atoms with van der Waals surface area (Å²) in [5.41, 5.74) is 0.742. The van der Waals surface area contributed by atoms with Gasteiger partial charge in [-0.05, 0) is 46.2 Å². The van der Waals surface area contributed by atoms with Crippen LogP contribution in [-0.4, -0.2) is 28.9 Å². The van der Waals surface area contributed by atoms with Crippen LogP contribution in [0.2, 0.25) is 0 Å². The average molecular weight is 376 g/mol. The zero-order valence-corrected chi connectivity index (χ0v) is 16.8. The molecule has 0 radical (unpaired) electrons. The lowest BCUT2D eigenvalue weighted by atomic mass is 10.2. The van der Waals surface area contributed by atoms with E-state index in [1.165, 1.54) is 7.11 Å². The summed E-state index contributed by atoms with van der Waals surface area (Å²) in [7, 11) is 1.54. The normalized spacial score (nSPS) is 12.4. The van der Waals surface area contributed by atoms with Crippen molar-refractivity contribution in [3.05, 3.63) is 29.9 Å². The fourth-order valence-corrected chi connectivity index (χ4v) is 2.38. The Kier molecular flexibility index (Phi) is 6.65. The maximum absolute atomic E-state index is 12.0. The molecule has 27 heavy (non-hydrogen) atoms. The van der Waals surface area contributed by atoms with Crippen LogP contribution in [0.25, 0.3) is 0 Å². The molecule has 0 bridgehead atoms. The minimum Gasteiger partial charge on any atom is -0.494 e. The molecule has 1 aromatic carbocycles. The lowest BCUT2D eigenvalue weighted by molar-refractivity contribution is 0.0635. The molecule has 0 aliphatic rings. The molecule has 1 amide bonds. The third-order valence-electron chi connectivity index (χ3n) is 3.55. The van der Waals surface area contributed by atoms with E-state index in [4.69, 9.17) is 14.0 Å². The van der Waals surface area contributed by atoms with Gasteiger partial charge in [0.1, 0.15) is 17.4 Å². The van der Waals surface area contributed by atoms with E-state index >= 15 is 0 Å². The predicted molar refractivity (Wildman–Crippen MR) is 103 cm³/mol. The van der Waals surface area contributed by atoms with Gasteiger partial charge in [-0.25, -0.2) is 4.79 Å². The first-order valence-corrected chi connectivity index (χ1v) is 8.99. The molecule has 8 nitrogen and oxygen atoms in total. The summed E-state index contributed by atoms with van der Waals surface area (Å²) in [5, 5.41) is 9.95. The summed E-state index contributed by atoms with van der Waals surface area (Å²) >= 11 is 0. The van der Waals surface area contributed by atoms with Crippen LogP contribution in [0.4, 0.5) is 16.2 Å². The topological polar surface area (TPSA) is 98.5 Å². The van der Waals surface area contributed by atoms with E-state index in [1.807, 2.05) is 33.8 Å². The average Bonchev–Trinajstić information content (AvgIpc) is 3.03. The highest BCUT2D eigenvalue weighted by Gasteiger charge is 2.18. The zero-order chi connectivity index (χ0) is 20.0. The number of hydrogen-bond donors (Lipinski definition) is 2. The molecule has 8 heteroatoms. The molecule has 2 rings (SSSR count). The Balaban J connectivity index is 2.07. The van der Waals surface area contributed by atoms with Gasteiger partial charge in [-0.15, -0.1) is 0 Å². The van der Waals surface area contributed by atoms with Gasteiger partial charge in [-0.2, -0.15) is 4.98 Å². The van der Waals surface area contributed by atoms with Gasteiger partial charge in [-0.1, -0.05) is 12.1 Å². The number of carbonyl (C=O) groups is 1. The molecule has 1 heterocycles. The molecule has 1 aromatic heterocycles. The Hall–Kier alpha value is -2.77.